The molecule has 0 aromatic carbocycles. The van der Waals surface area contributed by atoms with Gasteiger partial charge in [0.25, 0.3) is 5.91 Å². The van der Waals surface area contributed by atoms with Gasteiger partial charge in [0.15, 0.2) is 0 Å². The summed E-state index contributed by atoms with van der Waals surface area (Å²) < 4.78 is 17.9. The molecule has 0 saturated heterocycles. The summed E-state index contributed by atoms with van der Waals surface area (Å²) in [5.41, 5.74) is 0.253. The minimum atomic E-state index is -0.667. The van der Waals surface area contributed by atoms with E-state index in [-0.39, 0.29) is 11.5 Å². The third-order valence-electron chi connectivity index (χ3n) is 1.99. The average Bonchev–Trinajstić information content (AvgIpc) is 2.33. The molecule has 5 heteroatoms. The van der Waals surface area contributed by atoms with E-state index in [0.717, 1.165) is 12.5 Å². The van der Waals surface area contributed by atoms with Crippen molar-refractivity contribution in [1.29, 1.82) is 0 Å². The number of hydrogen-bond donors (Lipinski definition) is 1. The molecule has 0 saturated carbocycles. The lowest BCUT2D eigenvalue weighted by molar-refractivity contribution is 0.0917. The van der Waals surface area contributed by atoms with Gasteiger partial charge in [0.05, 0.1) is 13.2 Å². The first-order valence-corrected chi connectivity index (χ1v) is 5.32. The third-order valence-corrected chi connectivity index (χ3v) is 1.99. The highest BCUT2D eigenvalue weighted by atomic mass is 19.1. The van der Waals surface area contributed by atoms with Gasteiger partial charge in [0.2, 0.25) is 5.95 Å². The van der Waals surface area contributed by atoms with Crippen LogP contribution in [0.3, 0.4) is 0 Å². The summed E-state index contributed by atoms with van der Waals surface area (Å²) in [5, 5.41) is 2.62. The van der Waals surface area contributed by atoms with Crippen molar-refractivity contribution in [3.63, 3.8) is 0 Å². The van der Waals surface area contributed by atoms with Gasteiger partial charge in [-0.15, -0.1) is 6.58 Å². The Balaban J connectivity index is 2.23. The van der Waals surface area contributed by atoms with E-state index >= 15 is 0 Å². The van der Waals surface area contributed by atoms with Crippen molar-refractivity contribution < 1.29 is 13.9 Å². The summed E-state index contributed by atoms with van der Waals surface area (Å²) in [6, 6.07) is 2.55. The first kappa shape index (κ1) is 13.3. The number of hydrogen-bond acceptors (Lipinski definition) is 3. The zero-order valence-corrected chi connectivity index (χ0v) is 9.49. The molecule has 0 fully saturated rings. The fourth-order valence-corrected chi connectivity index (χ4v) is 1.15. The second-order valence-corrected chi connectivity index (χ2v) is 3.31. The molecule has 92 valence electrons. The zero-order chi connectivity index (χ0) is 12.5. The molecule has 1 amide bonds. The zero-order valence-electron chi connectivity index (χ0n) is 9.49. The molecule has 0 aliphatic rings. The smallest absolute Gasteiger partial charge is 0.251 e. The number of carbonyl (C=O) groups excluding carboxylic acids is 1. The van der Waals surface area contributed by atoms with E-state index in [1.807, 2.05) is 0 Å². The van der Waals surface area contributed by atoms with Crippen LogP contribution < -0.4 is 5.32 Å². The van der Waals surface area contributed by atoms with Gasteiger partial charge in [-0.1, -0.05) is 6.08 Å². The van der Waals surface area contributed by atoms with Crippen molar-refractivity contribution in [2.75, 3.05) is 19.8 Å². The minimum absolute atomic E-state index is 0.253. The van der Waals surface area contributed by atoms with Crippen LogP contribution in [0.5, 0.6) is 0 Å². The molecule has 1 aromatic rings. The van der Waals surface area contributed by atoms with E-state index in [1.165, 1.54) is 12.3 Å². The Morgan fingerprint density at radius 3 is 3.12 bits per heavy atom. The van der Waals surface area contributed by atoms with Crippen LogP contribution in [0.1, 0.15) is 16.8 Å². The van der Waals surface area contributed by atoms with Gasteiger partial charge in [0.1, 0.15) is 0 Å². The average molecular weight is 238 g/mol. The lowest BCUT2D eigenvalue weighted by Gasteiger charge is -2.05. The van der Waals surface area contributed by atoms with Gasteiger partial charge in [-0.2, -0.15) is 4.39 Å². The Morgan fingerprint density at radius 2 is 2.41 bits per heavy atom. The molecular weight excluding hydrogens is 223 g/mol. The van der Waals surface area contributed by atoms with Crippen molar-refractivity contribution in [2.45, 2.75) is 6.42 Å². The van der Waals surface area contributed by atoms with Crippen LogP contribution in [0.2, 0.25) is 0 Å². The predicted octanol–water partition coefficient (Wildman–Crippen LogP) is 1.54. The largest absolute Gasteiger partial charge is 0.379 e. The first-order valence-electron chi connectivity index (χ1n) is 5.32. The number of pyridine rings is 1. The maximum absolute atomic E-state index is 12.7. The Morgan fingerprint density at radius 1 is 1.59 bits per heavy atom. The summed E-state index contributed by atoms with van der Waals surface area (Å²) in [6.07, 6.45) is 3.80. The van der Waals surface area contributed by atoms with Crippen molar-refractivity contribution in [3.05, 3.63) is 42.5 Å². The summed E-state index contributed by atoms with van der Waals surface area (Å²) in [5.74, 6) is -1.00. The molecule has 4 nitrogen and oxygen atoms in total. The quantitative estimate of drug-likeness (QED) is 0.445. The number of carbonyl (C=O) groups is 1. The van der Waals surface area contributed by atoms with E-state index in [1.54, 1.807) is 6.08 Å². The van der Waals surface area contributed by atoms with Gasteiger partial charge in [-0.3, -0.25) is 4.79 Å². The van der Waals surface area contributed by atoms with E-state index in [9.17, 15) is 9.18 Å². The Hall–Kier alpha value is -1.75. The van der Waals surface area contributed by atoms with Crippen LogP contribution in [0.25, 0.3) is 0 Å². The lowest BCUT2D eigenvalue weighted by atomic mass is 10.2. The highest BCUT2D eigenvalue weighted by molar-refractivity contribution is 5.93. The highest BCUT2D eigenvalue weighted by Crippen LogP contribution is 1.99. The number of aromatic nitrogens is 1. The summed E-state index contributed by atoms with van der Waals surface area (Å²) in [4.78, 5) is 14.9. The SMILES string of the molecule is C=CCCOCCNC(=O)c1ccnc(F)c1. The van der Waals surface area contributed by atoms with E-state index < -0.39 is 5.95 Å². The molecule has 0 bridgehead atoms. The minimum Gasteiger partial charge on any atom is -0.379 e. The van der Waals surface area contributed by atoms with E-state index in [2.05, 4.69) is 16.9 Å². The molecule has 1 N–H and O–H groups in total. The maximum Gasteiger partial charge on any atom is 0.251 e. The molecule has 1 aromatic heterocycles. The van der Waals surface area contributed by atoms with Gasteiger partial charge in [0, 0.05) is 24.4 Å². The molecule has 0 aliphatic heterocycles. The molecule has 0 unspecified atom stereocenters. The van der Waals surface area contributed by atoms with Gasteiger partial charge >= 0.3 is 0 Å². The van der Waals surface area contributed by atoms with Crippen molar-refractivity contribution in [2.24, 2.45) is 0 Å². The molecule has 0 aliphatic carbocycles. The van der Waals surface area contributed by atoms with Crippen LogP contribution in [0.4, 0.5) is 4.39 Å². The summed E-state index contributed by atoms with van der Waals surface area (Å²) in [7, 11) is 0. The molecule has 0 radical (unpaired) electrons. The number of amides is 1. The number of nitrogens with zero attached hydrogens (tertiary/aromatic N) is 1. The first-order chi connectivity index (χ1) is 8.24. The number of ether oxygens (including phenoxy) is 1. The normalized spacial score (nSPS) is 9.94. The van der Waals surface area contributed by atoms with Crippen LogP contribution in [-0.2, 0) is 4.74 Å². The Kier molecular flexibility index (Phi) is 5.88. The predicted molar refractivity (Wildman–Crippen MR) is 62.2 cm³/mol. The Bertz CT molecular complexity index is 383. The molecule has 1 rings (SSSR count). The summed E-state index contributed by atoms with van der Waals surface area (Å²) in [6.45, 7) is 4.96. The molecule has 17 heavy (non-hydrogen) atoms. The van der Waals surface area contributed by atoms with E-state index in [0.29, 0.717) is 19.8 Å². The second-order valence-electron chi connectivity index (χ2n) is 3.31. The van der Waals surface area contributed by atoms with Crippen molar-refractivity contribution in [3.8, 4) is 0 Å². The topological polar surface area (TPSA) is 51.2 Å². The Labute approximate surface area is 99.5 Å². The maximum atomic E-state index is 12.7. The fraction of sp³-hybridized carbons (Fsp3) is 0.333. The van der Waals surface area contributed by atoms with Crippen LogP contribution >= 0.6 is 0 Å². The number of halogens is 1. The van der Waals surface area contributed by atoms with Gasteiger partial charge in [-0.25, -0.2) is 4.98 Å². The van der Waals surface area contributed by atoms with Gasteiger partial charge < -0.3 is 10.1 Å². The number of nitrogens with one attached hydrogen (secondary N) is 1. The second kappa shape index (κ2) is 7.51. The molecular formula is C12H15FN2O2. The molecule has 1 heterocycles. The molecule has 0 spiro atoms. The standard InChI is InChI=1S/C12H15FN2O2/c1-2-3-7-17-8-6-15-12(16)10-4-5-14-11(13)9-10/h2,4-5,9H,1,3,6-8H2,(H,15,16). The number of rotatable bonds is 7. The van der Waals surface area contributed by atoms with Crippen LogP contribution in [0.15, 0.2) is 31.0 Å². The van der Waals surface area contributed by atoms with Crippen LogP contribution in [0, 0.1) is 5.95 Å². The van der Waals surface area contributed by atoms with E-state index in [4.69, 9.17) is 4.74 Å². The molecule has 0 atom stereocenters. The highest BCUT2D eigenvalue weighted by Gasteiger charge is 2.05. The lowest BCUT2D eigenvalue weighted by Crippen LogP contribution is -2.27. The monoisotopic (exact) mass is 238 g/mol. The van der Waals surface area contributed by atoms with Crippen molar-refractivity contribution >= 4 is 5.91 Å². The van der Waals surface area contributed by atoms with Crippen LogP contribution in [-0.4, -0.2) is 30.6 Å². The third kappa shape index (κ3) is 5.21. The summed E-state index contributed by atoms with van der Waals surface area (Å²) >= 11 is 0. The fourth-order valence-electron chi connectivity index (χ4n) is 1.15. The van der Waals surface area contributed by atoms with Crippen molar-refractivity contribution in [1.82, 2.24) is 10.3 Å². The van der Waals surface area contributed by atoms with Gasteiger partial charge in [-0.05, 0) is 12.5 Å².